The fraction of sp³-hybridized carbons (Fsp3) is 0.621. The molecule has 208 valence electrons. The molecule has 2 aliphatic rings. The molecule has 1 saturated carbocycles. The second kappa shape index (κ2) is 11.8. The number of benzene rings is 1. The second-order valence-corrected chi connectivity index (χ2v) is 11.5. The number of hydrogen-bond donors (Lipinski definition) is 1. The lowest BCUT2D eigenvalue weighted by Gasteiger charge is -2.34. The molecule has 2 amide bonds. The van der Waals surface area contributed by atoms with Gasteiger partial charge in [-0.05, 0) is 70.2 Å². The number of carbonyl (C=O) groups is 3. The molecule has 0 unspecified atom stereocenters. The topological polar surface area (TPSA) is 107 Å². The first-order chi connectivity index (χ1) is 18.1. The van der Waals surface area contributed by atoms with Crippen molar-refractivity contribution in [3.05, 3.63) is 30.0 Å². The summed E-state index contributed by atoms with van der Waals surface area (Å²) in [5.41, 5.74) is 0.425. The Morgan fingerprint density at radius 2 is 1.84 bits per heavy atom. The molecule has 3 atom stereocenters. The highest BCUT2D eigenvalue weighted by Gasteiger charge is 2.46. The maximum atomic E-state index is 13.7. The van der Waals surface area contributed by atoms with Crippen molar-refractivity contribution in [3.63, 3.8) is 0 Å². The number of methoxy groups -OCH3 is 1. The fourth-order valence-electron chi connectivity index (χ4n) is 5.50. The van der Waals surface area contributed by atoms with Gasteiger partial charge in [0.1, 0.15) is 23.8 Å². The van der Waals surface area contributed by atoms with Gasteiger partial charge >= 0.3 is 12.1 Å². The predicted octanol–water partition coefficient (Wildman–Crippen LogP) is 5.77. The van der Waals surface area contributed by atoms with E-state index in [1.54, 1.807) is 43.2 Å². The first-order valence-electron chi connectivity index (χ1n) is 13.6. The molecule has 4 rings (SSSR count). The van der Waals surface area contributed by atoms with Gasteiger partial charge in [0, 0.05) is 24.7 Å². The van der Waals surface area contributed by atoms with Crippen LogP contribution in [0.1, 0.15) is 76.8 Å². The van der Waals surface area contributed by atoms with Crippen LogP contribution in [-0.2, 0) is 19.0 Å². The number of nitrogens with one attached hydrogen (secondary N) is 1. The third kappa shape index (κ3) is 6.67. The van der Waals surface area contributed by atoms with Crippen LogP contribution in [-0.4, -0.2) is 60.9 Å². The summed E-state index contributed by atoms with van der Waals surface area (Å²) >= 11 is 0. The number of ether oxygens (including phenoxy) is 3. The van der Waals surface area contributed by atoms with Crippen LogP contribution in [0.15, 0.2) is 28.7 Å². The lowest BCUT2D eigenvalue weighted by atomic mass is 9.76. The number of fused-ring (bicyclic) bond motifs is 1. The van der Waals surface area contributed by atoms with E-state index >= 15 is 0 Å². The fourth-order valence-corrected chi connectivity index (χ4v) is 5.50. The minimum absolute atomic E-state index is 0.0797. The zero-order valence-electron chi connectivity index (χ0n) is 23.1. The number of furan rings is 1. The molecule has 9 nitrogen and oxygen atoms in total. The molecule has 1 saturated heterocycles. The van der Waals surface area contributed by atoms with Gasteiger partial charge in [-0.25, -0.2) is 9.59 Å². The molecule has 2 heterocycles. The second-order valence-electron chi connectivity index (χ2n) is 11.5. The maximum absolute atomic E-state index is 13.7. The van der Waals surface area contributed by atoms with Crippen LogP contribution in [0.3, 0.4) is 0 Å². The summed E-state index contributed by atoms with van der Waals surface area (Å²) in [5, 5.41) is 3.68. The number of esters is 1. The van der Waals surface area contributed by atoms with Gasteiger partial charge < -0.3 is 23.9 Å². The van der Waals surface area contributed by atoms with Gasteiger partial charge in [-0.3, -0.25) is 9.69 Å². The molecule has 9 heteroatoms. The molecule has 1 N–H and O–H groups in total. The highest BCUT2D eigenvalue weighted by Crippen LogP contribution is 2.40. The van der Waals surface area contributed by atoms with Gasteiger partial charge in [0.15, 0.2) is 0 Å². The molecular formula is C29H40N2O7. The number of rotatable bonds is 7. The Morgan fingerprint density at radius 1 is 1.11 bits per heavy atom. The summed E-state index contributed by atoms with van der Waals surface area (Å²) in [7, 11) is 1.55. The molecule has 1 aliphatic heterocycles. The first-order valence-corrected chi connectivity index (χ1v) is 13.6. The number of anilines is 1. The standard InChI is InChI=1S/C29H40N2O7/c1-18(35-5)17-36-27(33)24-16-20-15-21(11-12-23(20)37-24)30-26(32)25-22(19-9-7-6-8-10-19)13-14-31(25)28(34)38-29(2,3)4/h11-12,15-16,18-19,22,25H,6-10,13-14,17H2,1-5H3,(H,30,32)/t18-,22-,25-/m0/s1. The third-order valence-corrected chi connectivity index (χ3v) is 7.43. The molecule has 0 spiro atoms. The van der Waals surface area contributed by atoms with E-state index in [9.17, 15) is 14.4 Å². The Labute approximate surface area is 224 Å². The summed E-state index contributed by atoms with van der Waals surface area (Å²) in [6.45, 7) is 7.91. The molecule has 1 aromatic carbocycles. The van der Waals surface area contributed by atoms with Crippen LogP contribution in [0.2, 0.25) is 0 Å². The van der Waals surface area contributed by atoms with Gasteiger partial charge in [-0.2, -0.15) is 0 Å². The molecular weight excluding hydrogens is 488 g/mol. The van der Waals surface area contributed by atoms with E-state index in [-0.39, 0.29) is 30.3 Å². The normalized spacial score (nSPS) is 21.3. The molecule has 1 aliphatic carbocycles. The minimum atomic E-state index is -0.645. The average molecular weight is 529 g/mol. The smallest absolute Gasteiger partial charge is 0.410 e. The molecule has 0 radical (unpaired) electrons. The SMILES string of the molecule is CO[C@@H](C)COC(=O)c1cc2cc(NC(=O)[C@@H]3[C@H](C4CCCCC4)CCN3C(=O)OC(C)(C)C)ccc2o1. The van der Waals surface area contributed by atoms with E-state index < -0.39 is 23.7 Å². The van der Waals surface area contributed by atoms with Crippen LogP contribution in [0.5, 0.6) is 0 Å². The van der Waals surface area contributed by atoms with Crippen molar-refractivity contribution in [1.82, 2.24) is 4.90 Å². The molecule has 38 heavy (non-hydrogen) atoms. The maximum Gasteiger partial charge on any atom is 0.410 e. The van der Waals surface area contributed by atoms with Gasteiger partial charge in [-0.1, -0.05) is 32.1 Å². The monoisotopic (exact) mass is 528 g/mol. The largest absolute Gasteiger partial charge is 0.457 e. The van der Waals surface area contributed by atoms with Crippen molar-refractivity contribution in [1.29, 1.82) is 0 Å². The zero-order valence-corrected chi connectivity index (χ0v) is 23.1. The van der Waals surface area contributed by atoms with Gasteiger partial charge in [0.25, 0.3) is 0 Å². The van der Waals surface area contributed by atoms with Crippen LogP contribution < -0.4 is 5.32 Å². The Morgan fingerprint density at radius 3 is 2.53 bits per heavy atom. The van der Waals surface area contributed by atoms with Crippen molar-refractivity contribution in [2.45, 2.75) is 84.0 Å². The number of carbonyl (C=O) groups excluding carboxylic acids is 3. The Kier molecular flexibility index (Phi) is 8.65. The molecule has 1 aromatic heterocycles. The van der Waals surface area contributed by atoms with E-state index in [2.05, 4.69) is 5.32 Å². The van der Waals surface area contributed by atoms with Crippen molar-refractivity contribution in [3.8, 4) is 0 Å². The summed E-state index contributed by atoms with van der Waals surface area (Å²) in [5.74, 6) is -0.213. The predicted molar refractivity (Wildman–Crippen MR) is 143 cm³/mol. The first kappa shape index (κ1) is 28.0. The van der Waals surface area contributed by atoms with E-state index in [0.717, 1.165) is 32.1 Å². The van der Waals surface area contributed by atoms with Crippen LogP contribution in [0.25, 0.3) is 11.0 Å². The minimum Gasteiger partial charge on any atom is -0.457 e. The lowest BCUT2D eigenvalue weighted by molar-refractivity contribution is -0.122. The van der Waals surface area contributed by atoms with Crippen molar-refractivity contribution < 1.29 is 33.0 Å². The van der Waals surface area contributed by atoms with Crippen molar-refractivity contribution in [2.75, 3.05) is 25.6 Å². The Hall–Kier alpha value is -3.07. The summed E-state index contributed by atoms with van der Waals surface area (Å²) in [4.78, 5) is 40.7. The summed E-state index contributed by atoms with van der Waals surface area (Å²) < 4.78 is 21.6. The number of hydrogen-bond acceptors (Lipinski definition) is 7. The zero-order chi connectivity index (χ0) is 27.4. The summed E-state index contributed by atoms with van der Waals surface area (Å²) in [6, 6.07) is 6.19. The Bertz CT molecular complexity index is 1150. The van der Waals surface area contributed by atoms with E-state index in [4.69, 9.17) is 18.6 Å². The quantitative estimate of drug-likeness (QED) is 0.455. The van der Waals surface area contributed by atoms with Crippen LogP contribution in [0, 0.1) is 11.8 Å². The number of nitrogens with zero attached hydrogens (tertiary/aromatic N) is 1. The van der Waals surface area contributed by atoms with Crippen LogP contribution in [0.4, 0.5) is 10.5 Å². The highest BCUT2D eigenvalue weighted by molar-refractivity contribution is 5.99. The van der Waals surface area contributed by atoms with E-state index in [1.807, 2.05) is 20.8 Å². The van der Waals surface area contributed by atoms with Crippen LogP contribution >= 0.6 is 0 Å². The van der Waals surface area contributed by atoms with Crippen molar-refractivity contribution >= 4 is 34.6 Å². The lowest BCUT2D eigenvalue weighted by Crippen LogP contribution is -2.49. The van der Waals surface area contributed by atoms with Crippen molar-refractivity contribution in [2.24, 2.45) is 11.8 Å². The molecule has 2 aromatic rings. The van der Waals surface area contributed by atoms with E-state index in [0.29, 0.717) is 29.1 Å². The number of likely N-dealkylation sites (tertiary alicyclic amines) is 1. The van der Waals surface area contributed by atoms with Gasteiger partial charge in [0.2, 0.25) is 11.7 Å². The Balaban J connectivity index is 1.51. The number of amides is 2. The van der Waals surface area contributed by atoms with E-state index in [1.165, 1.54) is 6.42 Å². The van der Waals surface area contributed by atoms with Gasteiger partial charge in [-0.15, -0.1) is 0 Å². The highest BCUT2D eigenvalue weighted by atomic mass is 16.6. The summed E-state index contributed by atoms with van der Waals surface area (Å²) in [6.07, 6.45) is 5.82. The molecule has 0 bridgehead atoms. The van der Waals surface area contributed by atoms with Gasteiger partial charge in [0.05, 0.1) is 6.10 Å². The third-order valence-electron chi connectivity index (χ3n) is 7.43. The average Bonchev–Trinajstić information content (AvgIpc) is 3.51. The molecule has 2 fully saturated rings.